The van der Waals surface area contributed by atoms with Crippen LogP contribution < -0.4 is 10.2 Å². The van der Waals surface area contributed by atoms with E-state index in [1.54, 1.807) is 0 Å². The molecule has 1 unspecified atom stereocenters. The van der Waals surface area contributed by atoms with Crippen LogP contribution in [0.4, 0.5) is 5.82 Å². The lowest BCUT2D eigenvalue weighted by atomic mass is 10.1. The van der Waals surface area contributed by atoms with Gasteiger partial charge in [-0.05, 0) is 25.3 Å². The highest BCUT2D eigenvalue weighted by Crippen LogP contribution is 2.19. The standard InChI is InChI=1S/C15H24N6/c1-12-9-18-19(2)14(12)10-16-13-5-4-8-21(11-13)15-6-7-17-20(15)3/h6-7,9,13,16H,4-5,8,10-11H2,1-3H3. The summed E-state index contributed by atoms with van der Waals surface area (Å²) in [6.45, 7) is 5.15. The van der Waals surface area contributed by atoms with E-state index >= 15 is 0 Å². The largest absolute Gasteiger partial charge is 0.355 e. The molecule has 6 heteroatoms. The van der Waals surface area contributed by atoms with Gasteiger partial charge in [0.05, 0.1) is 18.1 Å². The zero-order valence-electron chi connectivity index (χ0n) is 13.1. The normalized spacial score (nSPS) is 19.2. The van der Waals surface area contributed by atoms with Gasteiger partial charge in [-0.3, -0.25) is 9.36 Å². The van der Waals surface area contributed by atoms with Gasteiger partial charge in [-0.2, -0.15) is 10.2 Å². The predicted molar refractivity (Wildman–Crippen MR) is 83.2 cm³/mol. The Balaban J connectivity index is 1.61. The Kier molecular flexibility index (Phi) is 3.96. The molecular formula is C15H24N6. The van der Waals surface area contributed by atoms with E-state index in [-0.39, 0.29) is 0 Å². The van der Waals surface area contributed by atoms with Crippen molar-refractivity contribution in [3.05, 3.63) is 29.7 Å². The number of aryl methyl sites for hydroxylation is 3. The molecule has 3 rings (SSSR count). The van der Waals surface area contributed by atoms with E-state index in [9.17, 15) is 0 Å². The third-order valence-electron chi connectivity index (χ3n) is 4.37. The predicted octanol–water partition coefficient (Wildman–Crippen LogP) is 1.22. The highest BCUT2D eigenvalue weighted by molar-refractivity contribution is 5.38. The third kappa shape index (κ3) is 2.95. The smallest absolute Gasteiger partial charge is 0.126 e. The van der Waals surface area contributed by atoms with E-state index in [0.29, 0.717) is 6.04 Å². The van der Waals surface area contributed by atoms with Crippen LogP contribution in [-0.2, 0) is 20.6 Å². The molecule has 114 valence electrons. The summed E-state index contributed by atoms with van der Waals surface area (Å²) >= 11 is 0. The molecule has 21 heavy (non-hydrogen) atoms. The van der Waals surface area contributed by atoms with Crippen LogP contribution in [0.15, 0.2) is 18.5 Å². The van der Waals surface area contributed by atoms with Crippen LogP contribution in [-0.4, -0.2) is 38.7 Å². The lowest BCUT2D eigenvalue weighted by Gasteiger charge is -2.34. The monoisotopic (exact) mass is 288 g/mol. The molecule has 0 aliphatic carbocycles. The summed E-state index contributed by atoms with van der Waals surface area (Å²) in [6, 6.07) is 2.61. The highest BCUT2D eigenvalue weighted by Gasteiger charge is 2.21. The van der Waals surface area contributed by atoms with Gasteiger partial charge in [0.1, 0.15) is 5.82 Å². The number of hydrogen-bond acceptors (Lipinski definition) is 4. The summed E-state index contributed by atoms with van der Waals surface area (Å²) in [5, 5.41) is 12.3. The summed E-state index contributed by atoms with van der Waals surface area (Å²) in [5.41, 5.74) is 2.52. The molecule has 0 bridgehead atoms. The summed E-state index contributed by atoms with van der Waals surface area (Å²) in [4.78, 5) is 2.42. The van der Waals surface area contributed by atoms with E-state index in [1.807, 2.05) is 35.9 Å². The van der Waals surface area contributed by atoms with E-state index < -0.39 is 0 Å². The quantitative estimate of drug-likeness (QED) is 0.919. The van der Waals surface area contributed by atoms with Crippen LogP contribution in [0.25, 0.3) is 0 Å². The molecule has 0 spiro atoms. The number of piperidine rings is 1. The Labute approximate surface area is 125 Å². The van der Waals surface area contributed by atoms with Crippen molar-refractivity contribution in [1.29, 1.82) is 0 Å². The summed E-state index contributed by atoms with van der Waals surface area (Å²) < 4.78 is 3.91. The molecule has 0 aromatic carbocycles. The maximum atomic E-state index is 4.30. The minimum atomic E-state index is 0.517. The summed E-state index contributed by atoms with van der Waals surface area (Å²) in [7, 11) is 4.01. The topological polar surface area (TPSA) is 50.9 Å². The molecule has 1 aliphatic heterocycles. The first-order chi connectivity index (χ1) is 10.1. The minimum Gasteiger partial charge on any atom is -0.355 e. The highest BCUT2D eigenvalue weighted by atomic mass is 15.4. The van der Waals surface area contributed by atoms with E-state index in [1.165, 1.54) is 29.9 Å². The van der Waals surface area contributed by atoms with Gasteiger partial charge in [0, 0.05) is 45.8 Å². The van der Waals surface area contributed by atoms with Crippen molar-refractivity contribution in [3.8, 4) is 0 Å². The molecule has 1 aliphatic rings. The fourth-order valence-corrected chi connectivity index (χ4v) is 3.10. The number of anilines is 1. The third-order valence-corrected chi connectivity index (χ3v) is 4.37. The second-order valence-electron chi connectivity index (χ2n) is 5.88. The average Bonchev–Trinajstić information content (AvgIpc) is 3.04. The van der Waals surface area contributed by atoms with Gasteiger partial charge in [0.25, 0.3) is 0 Å². The van der Waals surface area contributed by atoms with Crippen molar-refractivity contribution < 1.29 is 0 Å². The van der Waals surface area contributed by atoms with Crippen molar-refractivity contribution in [3.63, 3.8) is 0 Å². The molecule has 1 N–H and O–H groups in total. The molecule has 2 aromatic rings. The molecule has 2 aromatic heterocycles. The second-order valence-corrected chi connectivity index (χ2v) is 5.88. The van der Waals surface area contributed by atoms with Crippen molar-refractivity contribution in [1.82, 2.24) is 24.9 Å². The maximum absolute atomic E-state index is 4.30. The second kappa shape index (κ2) is 5.89. The van der Waals surface area contributed by atoms with E-state index in [0.717, 1.165) is 19.6 Å². The molecule has 0 radical (unpaired) electrons. The van der Waals surface area contributed by atoms with Crippen molar-refractivity contribution in [2.75, 3.05) is 18.0 Å². The first-order valence-corrected chi connectivity index (χ1v) is 7.59. The molecular weight excluding hydrogens is 264 g/mol. The zero-order chi connectivity index (χ0) is 14.8. The molecule has 0 amide bonds. The van der Waals surface area contributed by atoms with Crippen LogP contribution in [0.3, 0.4) is 0 Å². The molecule has 1 atom stereocenters. The van der Waals surface area contributed by atoms with Gasteiger partial charge in [0.15, 0.2) is 0 Å². The van der Waals surface area contributed by atoms with Crippen molar-refractivity contribution in [2.45, 2.75) is 32.4 Å². The number of hydrogen-bond donors (Lipinski definition) is 1. The van der Waals surface area contributed by atoms with Crippen LogP contribution in [0, 0.1) is 6.92 Å². The molecule has 6 nitrogen and oxygen atoms in total. The summed E-state index contributed by atoms with van der Waals surface area (Å²) in [6.07, 6.45) is 6.24. The fraction of sp³-hybridized carbons (Fsp3) is 0.600. The Hall–Kier alpha value is -1.82. The van der Waals surface area contributed by atoms with Gasteiger partial charge in [-0.25, -0.2) is 0 Å². The van der Waals surface area contributed by atoms with Crippen LogP contribution in [0.2, 0.25) is 0 Å². The Morgan fingerprint density at radius 3 is 2.81 bits per heavy atom. The van der Waals surface area contributed by atoms with E-state index in [2.05, 4.69) is 33.4 Å². The summed E-state index contributed by atoms with van der Waals surface area (Å²) in [5.74, 6) is 1.21. The molecule has 0 saturated carbocycles. The lowest BCUT2D eigenvalue weighted by molar-refractivity contribution is 0.411. The molecule has 1 saturated heterocycles. The van der Waals surface area contributed by atoms with Gasteiger partial charge in [-0.1, -0.05) is 0 Å². The van der Waals surface area contributed by atoms with E-state index in [4.69, 9.17) is 0 Å². The number of nitrogens with one attached hydrogen (secondary N) is 1. The van der Waals surface area contributed by atoms with Gasteiger partial charge >= 0.3 is 0 Å². The van der Waals surface area contributed by atoms with Crippen molar-refractivity contribution in [2.24, 2.45) is 14.1 Å². The van der Waals surface area contributed by atoms with Crippen molar-refractivity contribution >= 4 is 5.82 Å². The maximum Gasteiger partial charge on any atom is 0.126 e. The molecule has 3 heterocycles. The van der Waals surface area contributed by atoms with Gasteiger partial charge < -0.3 is 10.2 Å². The van der Waals surface area contributed by atoms with Crippen LogP contribution >= 0.6 is 0 Å². The minimum absolute atomic E-state index is 0.517. The van der Waals surface area contributed by atoms with Gasteiger partial charge in [0.2, 0.25) is 0 Å². The number of aromatic nitrogens is 4. The Morgan fingerprint density at radius 1 is 1.29 bits per heavy atom. The SMILES string of the molecule is Cc1cnn(C)c1CNC1CCCN(c2ccnn2C)C1. The van der Waals surface area contributed by atoms with Crippen LogP contribution in [0.1, 0.15) is 24.1 Å². The average molecular weight is 288 g/mol. The lowest BCUT2D eigenvalue weighted by Crippen LogP contribution is -2.46. The fourth-order valence-electron chi connectivity index (χ4n) is 3.10. The Bertz CT molecular complexity index is 580. The van der Waals surface area contributed by atoms with Gasteiger partial charge in [-0.15, -0.1) is 0 Å². The number of nitrogens with zero attached hydrogens (tertiary/aromatic N) is 5. The first-order valence-electron chi connectivity index (χ1n) is 7.59. The Morgan fingerprint density at radius 2 is 2.14 bits per heavy atom. The number of rotatable bonds is 4. The van der Waals surface area contributed by atoms with Crippen LogP contribution in [0.5, 0.6) is 0 Å². The molecule has 1 fully saturated rings. The zero-order valence-corrected chi connectivity index (χ0v) is 13.1. The first kappa shape index (κ1) is 14.1.